The summed E-state index contributed by atoms with van der Waals surface area (Å²) in [5.74, 6) is -1.02. The topological polar surface area (TPSA) is 104 Å². The van der Waals surface area contributed by atoms with Gasteiger partial charge in [0.1, 0.15) is 6.04 Å². The Hall–Kier alpha value is -4.30. The van der Waals surface area contributed by atoms with E-state index in [1.165, 1.54) is 15.9 Å². The first-order valence-electron chi connectivity index (χ1n) is 14.8. The van der Waals surface area contributed by atoms with Gasteiger partial charge >= 0.3 is 0 Å². The molecule has 1 aliphatic rings. The van der Waals surface area contributed by atoms with Gasteiger partial charge in [0.05, 0.1) is 6.04 Å². The normalized spacial score (nSPS) is 15.2. The number of imide groups is 1. The zero-order valence-corrected chi connectivity index (χ0v) is 25.5. The minimum absolute atomic E-state index is 0.0979. The first kappa shape index (κ1) is 31.6. The lowest BCUT2D eigenvalue weighted by Gasteiger charge is -2.36. The number of amides is 4. The lowest BCUT2D eigenvalue weighted by atomic mass is 9.98. The number of hydrogen-bond acceptors (Lipinski definition) is 5. The summed E-state index contributed by atoms with van der Waals surface area (Å²) in [5.41, 5.74) is 7.52. The SMILES string of the molecule is CN(C(=O)[C@@H](Cc1ccc2ccccc2c1)N(C)C(=O)C=CCC(C)(C)N)[C@H](Cc1ccccc1)CN1C(=O)CCC1=O. The largest absolute Gasteiger partial charge is 0.339 e. The average molecular weight is 583 g/mol. The predicted octanol–water partition coefficient (Wildman–Crippen LogP) is 4.11. The van der Waals surface area contributed by atoms with E-state index in [1.54, 1.807) is 25.1 Å². The van der Waals surface area contributed by atoms with Gasteiger partial charge in [-0.25, -0.2) is 0 Å². The van der Waals surface area contributed by atoms with Gasteiger partial charge < -0.3 is 15.5 Å². The molecular formula is C35H42N4O4. The summed E-state index contributed by atoms with van der Waals surface area (Å²) in [6.45, 7) is 3.87. The lowest BCUT2D eigenvalue weighted by Crippen LogP contribution is -2.55. The second kappa shape index (κ2) is 13.8. The number of likely N-dealkylation sites (N-methyl/N-ethyl adjacent to an activating group) is 2. The van der Waals surface area contributed by atoms with Gasteiger partial charge in [-0.2, -0.15) is 0 Å². The van der Waals surface area contributed by atoms with Crippen molar-refractivity contribution in [2.75, 3.05) is 20.6 Å². The molecule has 1 aliphatic heterocycles. The summed E-state index contributed by atoms with van der Waals surface area (Å²) < 4.78 is 0. The fourth-order valence-corrected chi connectivity index (χ4v) is 5.38. The Morgan fingerprint density at radius 2 is 1.49 bits per heavy atom. The molecule has 0 spiro atoms. The summed E-state index contributed by atoms with van der Waals surface area (Å²) in [6, 6.07) is 22.4. The fourth-order valence-electron chi connectivity index (χ4n) is 5.38. The molecule has 1 heterocycles. The molecule has 1 saturated heterocycles. The van der Waals surface area contributed by atoms with Gasteiger partial charge in [0, 0.05) is 45.4 Å². The molecule has 3 aromatic carbocycles. The number of nitrogens with two attached hydrogens (primary N) is 1. The highest BCUT2D eigenvalue weighted by Crippen LogP contribution is 2.21. The Morgan fingerprint density at radius 3 is 2.14 bits per heavy atom. The van der Waals surface area contributed by atoms with E-state index in [-0.39, 0.29) is 43.0 Å². The summed E-state index contributed by atoms with van der Waals surface area (Å²) in [4.78, 5) is 57.2. The zero-order valence-electron chi connectivity index (χ0n) is 25.5. The number of nitrogens with zero attached hydrogens (tertiary/aromatic N) is 3. The highest BCUT2D eigenvalue weighted by Gasteiger charge is 2.36. The molecule has 0 aliphatic carbocycles. The first-order chi connectivity index (χ1) is 20.4. The Labute approximate surface area is 254 Å². The third-order valence-electron chi connectivity index (χ3n) is 8.01. The maximum atomic E-state index is 14.4. The molecule has 2 atom stereocenters. The molecule has 0 bridgehead atoms. The molecule has 2 N–H and O–H groups in total. The smallest absolute Gasteiger partial charge is 0.246 e. The molecule has 0 saturated carbocycles. The third-order valence-corrected chi connectivity index (χ3v) is 8.01. The van der Waals surface area contributed by atoms with Crippen LogP contribution < -0.4 is 5.73 Å². The van der Waals surface area contributed by atoms with Crippen LogP contribution in [0.4, 0.5) is 0 Å². The molecule has 4 rings (SSSR count). The molecule has 0 radical (unpaired) electrons. The lowest BCUT2D eigenvalue weighted by molar-refractivity contribution is -0.145. The monoisotopic (exact) mass is 582 g/mol. The maximum Gasteiger partial charge on any atom is 0.246 e. The Morgan fingerprint density at radius 1 is 0.860 bits per heavy atom. The van der Waals surface area contributed by atoms with Crippen molar-refractivity contribution >= 4 is 34.4 Å². The summed E-state index contributed by atoms with van der Waals surface area (Å²) in [7, 11) is 3.33. The Kier molecular flexibility index (Phi) is 10.1. The highest BCUT2D eigenvalue weighted by atomic mass is 16.2. The third kappa shape index (κ3) is 8.38. The van der Waals surface area contributed by atoms with Gasteiger partial charge in [0.15, 0.2) is 0 Å². The predicted molar refractivity (Wildman–Crippen MR) is 169 cm³/mol. The van der Waals surface area contributed by atoms with Crippen LogP contribution in [0.25, 0.3) is 10.8 Å². The number of carbonyl (C=O) groups excluding carboxylic acids is 4. The Bertz CT molecular complexity index is 1480. The van der Waals surface area contributed by atoms with Crippen molar-refractivity contribution in [2.45, 2.75) is 63.6 Å². The molecule has 0 unspecified atom stereocenters. The summed E-state index contributed by atoms with van der Waals surface area (Å²) in [5, 5.41) is 2.14. The van der Waals surface area contributed by atoms with Crippen LogP contribution in [0.3, 0.4) is 0 Å². The van der Waals surface area contributed by atoms with Gasteiger partial charge in [-0.15, -0.1) is 0 Å². The van der Waals surface area contributed by atoms with E-state index in [4.69, 9.17) is 5.73 Å². The standard InChI is InChI=1S/C35H42N4O4/c1-35(2,36)20-10-15-31(40)38(4)30(23-26-16-17-27-13-8-9-14-28(27)21-26)34(43)37(3)29(22-25-11-6-5-7-12-25)24-39-32(41)18-19-33(39)42/h5-17,21,29-30H,18-20,22-24,36H2,1-4H3/t29-,30-/m1/s1. The van der Waals surface area contributed by atoms with Crippen LogP contribution in [0.15, 0.2) is 84.9 Å². The number of fused-ring (bicyclic) bond motifs is 1. The van der Waals surface area contributed by atoms with Crippen molar-refractivity contribution in [3.8, 4) is 0 Å². The van der Waals surface area contributed by atoms with Crippen molar-refractivity contribution in [2.24, 2.45) is 5.73 Å². The van der Waals surface area contributed by atoms with E-state index < -0.39 is 17.6 Å². The quantitative estimate of drug-likeness (QED) is 0.256. The summed E-state index contributed by atoms with van der Waals surface area (Å²) in [6.07, 6.45) is 4.83. The van der Waals surface area contributed by atoms with E-state index in [9.17, 15) is 19.2 Å². The van der Waals surface area contributed by atoms with Gasteiger partial charge in [-0.1, -0.05) is 78.9 Å². The number of hydrogen-bond donors (Lipinski definition) is 1. The molecule has 4 amide bonds. The van der Waals surface area contributed by atoms with Gasteiger partial charge in [0.2, 0.25) is 23.6 Å². The molecule has 3 aromatic rings. The number of rotatable bonds is 12. The molecule has 8 heteroatoms. The minimum Gasteiger partial charge on any atom is -0.339 e. The van der Waals surface area contributed by atoms with Crippen molar-refractivity contribution in [1.29, 1.82) is 0 Å². The average Bonchev–Trinajstić information content (AvgIpc) is 3.30. The van der Waals surface area contributed by atoms with E-state index in [0.717, 1.165) is 21.9 Å². The molecule has 8 nitrogen and oxygen atoms in total. The maximum absolute atomic E-state index is 14.4. The van der Waals surface area contributed by atoms with Crippen LogP contribution >= 0.6 is 0 Å². The number of carbonyl (C=O) groups is 4. The van der Waals surface area contributed by atoms with Crippen LogP contribution in [0.5, 0.6) is 0 Å². The van der Waals surface area contributed by atoms with Crippen molar-refractivity contribution < 1.29 is 19.2 Å². The molecule has 226 valence electrons. The van der Waals surface area contributed by atoms with E-state index in [0.29, 0.717) is 19.3 Å². The summed E-state index contributed by atoms with van der Waals surface area (Å²) >= 11 is 0. The van der Waals surface area contributed by atoms with E-state index >= 15 is 0 Å². The van der Waals surface area contributed by atoms with E-state index in [2.05, 4.69) is 0 Å². The first-order valence-corrected chi connectivity index (χ1v) is 14.8. The molecule has 43 heavy (non-hydrogen) atoms. The van der Waals surface area contributed by atoms with Crippen molar-refractivity contribution in [1.82, 2.24) is 14.7 Å². The molecule has 0 aromatic heterocycles. The zero-order chi connectivity index (χ0) is 31.1. The fraction of sp³-hybridized carbons (Fsp3) is 0.371. The number of benzene rings is 3. The molecular weight excluding hydrogens is 540 g/mol. The van der Waals surface area contributed by atoms with Gasteiger partial charge in [-0.05, 0) is 54.7 Å². The van der Waals surface area contributed by atoms with Crippen molar-refractivity contribution in [3.63, 3.8) is 0 Å². The van der Waals surface area contributed by atoms with E-state index in [1.807, 2.05) is 86.6 Å². The van der Waals surface area contributed by atoms with Crippen LogP contribution in [0.2, 0.25) is 0 Å². The Balaban J connectivity index is 1.65. The minimum atomic E-state index is -0.822. The van der Waals surface area contributed by atoms with Crippen LogP contribution in [-0.2, 0) is 32.0 Å². The van der Waals surface area contributed by atoms with Crippen LogP contribution in [-0.4, -0.2) is 76.6 Å². The van der Waals surface area contributed by atoms with Gasteiger partial charge in [0.25, 0.3) is 0 Å². The highest BCUT2D eigenvalue weighted by molar-refractivity contribution is 6.02. The van der Waals surface area contributed by atoms with Crippen LogP contribution in [0, 0.1) is 0 Å². The van der Waals surface area contributed by atoms with Crippen molar-refractivity contribution in [3.05, 3.63) is 96.1 Å². The van der Waals surface area contributed by atoms with Crippen LogP contribution in [0.1, 0.15) is 44.2 Å². The second-order valence-electron chi connectivity index (χ2n) is 12.1. The van der Waals surface area contributed by atoms with Gasteiger partial charge in [-0.3, -0.25) is 24.1 Å². The second-order valence-corrected chi connectivity index (χ2v) is 12.1. The molecule has 1 fully saturated rings. The number of likely N-dealkylation sites (tertiary alicyclic amines) is 1.